The molecular weight excluding hydrogens is 294 g/mol. The summed E-state index contributed by atoms with van der Waals surface area (Å²) in [6.45, 7) is 3.76. The van der Waals surface area contributed by atoms with Gasteiger partial charge in [0, 0.05) is 22.9 Å². The van der Waals surface area contributed by atoms with Crippen molar-refractivity contribution in [1.82, 2.24) is 5.32 Å². The van der Waals surface area contributed by atoms with Crippen molar-refractivity contribution in [2.45, 2.75) is 30.6 Å². The molecule has 0 amide bonds. The highest BCUT2D eigenvalue weighted by Gasteiger charge is 2.41. The summed E-state index contributed by atoms with van der Waals surface area (Å²) in [6, 6.07) is 5.52. The van der Waals surface area contributed by atoms with Gasteiger partial charge < -0.3 is 15.2 Å². The van der Waals surface area contributed by atoms with Crippen LogP contribution in [0.3, 0.4) is 0 Å². The molecule has 0 saturated heterocycles. The van der Waals surface area contributed by atoms with Crippen LogP contribution in [0.15, 0.2) is 18.2 Å². The summed E-state index contributed by atoms with van der Waals surface area (Å²) in [5, 5.41) is 14.0. The molecule has 1 unspecified atom stereocenters. The number of benzene rings is 1. The second kappa shape index (κ2) is 7.03. The maximum atomic E-state index is 9.90. The van der Waals surface area contributed by atoms with Crippen molar-refractivity contribution in [3.05, 3.63) is 28.8 Å². The van der Waals surface area contributed by atoms with Crippen LogP contribution in [0.4, 0.5) is 0 Å². The van der Waals surface area contributed by atoms with Crippen molar-refractivity contribution >= 4 is 23.4 Å². The molecule has 1 aliphatic carbocycles. The highest BCUT2D eigenvalue weighted by atomic mass is 35.5. The van der Waals surface area contributed by atoms with Gasteiger partial charge in [-0.05, 0) is 49.8 Å². The Kier molecular flexibility index (Phi) is 5.61. The first-order valence-corrected chi connectivity index (χ1v) is 8.48. The third-order valence-electron chi connectivity index (χ3n) is 3.64. The molecule has 2 N–H and O–H groups in total. The van der Waals surface area contributed by atoms with Crippen LogP contribution in [-0.4, -0.2) is 41.9 Å². The van der Waals surface area contributed by atoms with E-state index < -0.39 is 6.10 Å². The van der Waals surface area contributed by atoms with E-state index in [9.17, 15) is 5.11 Å². The first kappa shape index (κ1) is 16.0. The van der Waals surface area contributed by atoms with E-state index in [-0.39, 0.29) is 0 Å². The first-order valence-electron chi connectivity index (χ1n) is 6.87. The van der Waals surface area contributed by atoms with Gasteiger partial charge in [0.2, 0.25) is 0 Å². The van der Waals surface area contributed by atoms with Gasteiger partial charge in [0.25, 0.3) is 0 Å². The second-order valence-corrected chi connectivity index (χ2v) is 7.08. The number of hydrogen-bond donors (Lipinski definition) is 2. The summed E-state index contributed by atoms with van der Waals surface area (Å²) in [6.07, 6.45) is 4.20. The standard InChI is InChI=1S/C15H22ClNO2S/c1-11-7-13(3-4-14(11)16)19-9-12(18)8-17-10-15(20-2)5-6-15/h3-4,7,12,17-18H,5-6,8-10H2,1-2H3. The van der Waals surface area contributed by atoms with Crippen LogP contribution in [0.1, 0.15) is 18.4 Å². The van der Waals surface area contributed by atoms with E-state index in [2.05, 4.69) is 11.6 Å². The zero-order chi connectivity index (χ0) is 14.6. The third-order valence-corrected chi connectivity index (χ3v) is 5.48. The smallest absolute Gasteiger partial charge is 0.119 e. The summed E-state index contributed by atoms with van der Waals surface area (Å²) < 4.78 is 6.00. The number of thioether (sulfide) groups is 1. The minimum atomic E-state index is -0.497. The Balaban J connectivity index is 1.66. The van der Waals surface area contributed by atoms with Crippen molar-refractivity contribution in [2.24, 2.45) is 0 Å². The maximum Gasteiger partial charge on any atom is 0.119 e. The average molecular weight is 316 g/mol. The third kappa shape index (κ3) is 4.55. The van der Waals surface area contributed by atoms with Crippen LogP contribution >= 0.6 is 23.4 Å². The number of aliphatic hydroxyl groups excluding tert-OH is 1. The summed E-state index contributed by atoms with van der Waals surface area (Å²) in [4.78, 5) is 0. The van der Waals surface area contributed by atoms with Gasteiger partial charge in [-0.25, -0.2) is 0 Å². The lowest BCUT2D eigenvalue weighted by atomic mass is 10.2. The minimum Gasteiger partial charge on any atom is -0.491 e. The van der Waals surface area contributed by atoms with Gasteiger partial charge in [-0.3, -0.25) is 0 Å². The van der Waals surface area contributed by atoms with Gasteiger partial charge in [-0.2, -0.15) is 11.8 Å². The molecule has 3 nitrogen and oxygen atoms in total. The van der Waals surface area contributed by atoms with Crippen LogP contribution < -0.4 is 10.1 Å². The van der Waals surface area contributed by atoms with Crippen molar-refractivity contribution in [3.63, 3.8) is 0 Å². The number of aryl methyl sites for hydroxylation is 1. The summed E-state index contributed by atoms with van der Waals surface area (Å²) >= 11 is 7.87. The van der Waals surface area contributed by atoms with Crippen LogP contribution in [0.5, 0.6) is 5.75 Å². The summed E-state index contributed by atoms with van der Waals surface area (Å²) in [5.74, 6) is 0.744. The normalized spacial score (nSPS) is 17.8. The molecule has 112 valence electrons. The fraction of sp³-hybridized carbons (Fsp3) is 0.600. The van der Waals surface area contributed by atoms with E-state index >= 15 is 0 Å². The molecule has 1 aromatic rings. The number of hydrogen-bond acceptors (Lipinski definition) is 4. The van der Waals surface area contributed by atoms with Gasteiger partial charge in [0.1, 0.15) is 18.5 Å². The van der Waals surface area contributed by atoms with Crippen molar-refractivity contribution in [1.29, 1.82) is 0 Å². The fourth-order valence-corrected chi connectivity index (χ4v) is 2.89. The molecule has 0 radical (unpaired) electrons. The van der Waals surface area contributed by atoms with Gasteiger partial charge in [-0.1, -0.05) is 11.6 Å². The molecule has 0 spiro atoms. The minimum absolute atomic E-state index is 0.292. The Hall–Kier alpha value is -0.420. The molecule has 0 aliphatic heterocycles. The van der Waals surface area contributed by atoms with E-state index in [1.165, 1.54) is 12.8 Å². The molecule has 1 atom stereocenters. The first-order chi connectivity index (χ1) is 9.54. The van der Waals surface area contributed by atoms with Gasteiger partial charge in [-0.15, -0.1) is 0 Å². The molecular formula is C15H22ClNO2S. The number of nitrogens with one attached hydrogen (secondary N) is 1. The Morgan fingerprint density at radius 3 is 2.85 bits per heavy atom. The van der Waals surface area contributed by atoms with E-state index in [0.717, 1.165) is 22.9 Å². The molecule has 1 fully saturated rings. The quantitative estimate of drug-likeness (QED) is 0.774. The Labute approximate surface area is 130 Å². The van der Waals surface area contributed by atoms with E-state index in [1.807, 2.05) is 36.9 Å². The SMILES string of the molecule is CSC1(CNCC(O)COc2ccc(Cl)c(C)c2)CC1. The van der Waals surface area contributed by atoms with E-state index in [0.29, 0.717) is 17.9 Å². The number of halogens is 1. The zero-order valence-corrected chi connectivity index (χ0v) is 13.6. The lowest BCUT2D eigenvalue weighted by Gasteiger charge is -2.16. The molecule has 0 heterocycles. The largest absolute Gasteiger partial charge is 0.491 e. The molecule has 20 heavy (non-hydrogen) atoms. The molecule has 1 saturated carbocycles. The molecule has 1 aliphatic rings. The van der Waals surface area contributed by atoms with Crippen molar-refractivity contribution in [3.8, 4) is 5.75 Å². The predicted octanol–water partition coefficient (Wildman–Crippen LogP) is 2.87. The Morgan fingerprint density at radius 2 is 2.25 bits per heavy atom. The monoisotopic (exact) mass is 315 g/mol. The van der Waals surface area contributed by atoms with Crippen LogP contribution in [-0.2, 0) is 0 Å². The molecule has 0 aromatic heterocycles. The number of rotatable bonds is 8. The molecule has 1 aromatic carbocycles. The predicted molar refractivity (Wildman–Crippen MR) is 86.0 cm³/mol. The zero-order valence-electron chi connectivity index (χ0n) is 12.0. The highest BCUT2D eigenvalue weighted by Crippen LogP contribution is 2.46. The van der Waals surface area contributed by atoms with Crippen LogP contribution in [0, 0.1) is 6.92 Å². The van der Waals surface area contributed by atoms with E-state index in [4.69, 9.17) is 16.3 Å². The second-order valence-electron chi connectivity index (χ2n) is 5.39. The van der Waals surface area contributed by atoms with Gasteiger partial charge in [0.15, 0.2) is 0 Å². The number of ether oxygens (including phenoxy) is 1. The van der Waals surface area contributed by atoms with Crippen molar-refractivity contribution < 1.29 is 9.84 Å². The topological polar surface area (TPSA) is 41.5 Å². The fourth-order valence-electron chi connectivity index (χ4n) is 2.02. The summed E-state index contributed by atoms with van der Waals surface area (Å²) in [5.41, 5.74) is 0.979. The average Bonchev–Trinajstić information content (AvgIpc) is 3.21. The van der Waals surface area contributed by atoms with Crippen LogP contribution in [0.2, 0.25) is 5.02 Å². The Morgan fingerprint density at radius 1 is 1.50 bits per heavy atom. The molecule has 0 bridgehead atoms. The lowest BCUT2D eigenvalue weighted by Crippen LogP contribution is -2.35. The van der Waals surface area contributed by atoms with Gasteiger partial charge in [0.05, 0.1) is 0 Å². The molecule has 5 heteroatoms. The van der Waals surface area contributed by atoms with Gasteiger partial charge >= 0.3 is 0 Å². The highest BCUT2D eigenvalue weighted by molar-refractivity contribution is 8.00. The summed E-state index contributed by atoms with van der Waals surface area (Å²) in [7, 11) is 0. The number of aliphatic hydroxyl groups is 1. The van der Waals surface area contributed by atoms with Crippen LogP contribution in [0.25, 0.3) is 0 Å². The maximum absolute atomic E-state index is 9.90. The van der Waals surface area contributed by atoms with E-state index in [1.54, 1.807) is 0 Å². The Bertz CT molecular complexity index is 451. The van der Waals surface area contributed by atoms with Crippen molar-refractivity contribution in [2.75, 3.05) is 26.0 Å². The lowest BCUT2D eigenvalue weighted by molar-refractivity contribution is 0.106. The molecule has 2 rings (SSSR count).